The van der Waals surface area contributed by atoms with Crippen molar-refractivity contribution in [2.45, 2.75) is 13.0 Å². The maximum absolute atomic E-state index is 9.21. The van der Waals surface area contributed by atoms with Crippen molar-refractivity contribution in [3.05, 3.63) is 52.5 Å². The highest BCUT2D eigenvalue weighted by Crippen LogP contribution is 2.33. The predicted molar refractivity (Wildman–Crippen MR) is 73.1 cm³/mol. The summed E-state index contributed by atoms with van der Waals surface area (Å²) in [5, 5.41) is 9.91. The Balaban J connectivity index is 1.78. The van der Waals surface area contributed by atoms with E-state index in [0.29, 0.717) is 24.0 Å². The van der Waals surface area contributed by atoms with Crippen LogP contribution in [0.2, 0.25) is 5.02 Å². The smallest absolute Gasteiger partial charge is 0.129 e. The molecule has 98 valence electrons. The van der Waals surface area contributed by atoms with Crippen molar-refractivity contribution in [3.63, 3.8) is 0 Å². The summed E-state index contributed by atoms with van der Waals surface area (Å²) in [7, 11) is 0. The zero-order valence-electron chi connectivity index (χ0n) is 10.2. The van der Waals surface area contributed by atoms with Crippen LogP contribution in [0.1, 0.15) is 11.1 Å². The Morgan fingerprint density at radius 1 is 1.21 bits per heavy atom. The summed E-state index contributed by atoms with van der Waals surface area (Å²) < 4.78 is 11.3. The molecule has 1 N–H and O–H groups in total. The summed E-state index contributed by atoms with van der Waals surface area (Å²) in [5.74, 6) is 1.81. The molecule has 0 fully saturated rings. The molecule has 0 aromatic heterocycles. The summed E-state index contributed by atoms with van der Waals surface area (Å²) in [6, 6.07) is 10.4. The normalized spacial score (nSPS) is 12.9. The minimum atomic E-state index is 0.222. The van der Waals surface area contributed by atoms with Gasteiger partial charge in [-0.15, -0.1) is 0 Å². The summed E-state index contributed by atoms with van der Waals surface area (Å²) in [6.45, 7) is 1.09. The van der Waals surface area contributed by atoms with Gasteiger partial charge in [0, 0.05) is 17.0 Å². The topological polar surface area (TPSA) is 38.7 Å². The molecule has 0 unspecified atom stereocenters. The van der Waals surface area contributed by atoms with Gasteiger partial charge in [0.1, 0.15) is 23.9 Å². The number of phenolic OH excluding ortho intramolecular Hbond substituents is 1. The van der Waals surface area contributed by atoms with Gasteiger partial charge in [0.2, 0.25) is 0 Å². The third-order valence-corrected chi connectivity index (χ3v) is 3.27. The molecule has 0 amide bonds. The third-order valence-electron chi connectivity index (χ3n) is 3.06. The summed E-state index contributed by atoms with van der Waals surface area (Å²) >= 11 is 6.09. The molecule has 19 heavy (non-hydrogen) atoms. The van der Waals surface area contributed by atoms with Gasteiger partial charge in [0.05, 0.1) is 6.61 Å². The second kappa shape index (κ2) is 5.02. The molecule has 0 saturated carbocycles. The van der Waals surface area contributed by atoms with Crippen molar-refractivity contribution in [1.82, 2.24) is 0 Å². The summed E-state index contributed by atoms with van der Waals surface area (Å²) in [5.41, 5.74) is 2.09. The van der Waals surface area contributed by atoms with Gasteiger partial charge in [-0.3, -0.25) is 0 Å². The second-order valence-electron chi connectivity index (χ2n) is 4.43. The molecule has 0 aliphatic carbocycles. The molecule has 4 heteroatoms. The predicted octanol–water partition coefficient (Wildman–Crippen LogP) is 3.56. The number of fused-ring (bicyclic) bond motifs is 1. The first-order chi connectivity index (χ1) is 9.22. The number of aromatic hydroxyl groups is 1. The number of benzene rings is 2. The van der Waals surface area contributed by atoms with E-state index in [4.69, 9.17) is 21.1 Å². The van der Waals surface area contributed by atoms with Gasteiger partial charge in [-0.1, -0.05) is 11.6 Å². The molecule has 2 aromatic rings. The van der Waals surface area contributed by atoms with Crippen LogP contribution in [0, 0.1) is 0 Å². The lowest BCUT2D eigenvalue weighted by Crippen LogP contribution is -1.98. The Kier molecular flexibility index (Phi) is 3.22. The molecule has 0 radical (unpaired) electrons. The molecular formula is C15H13ClO3. The molecule has 3 nitrogen and oxygen atoms in total. The Hall–Kier alpha value is -1.87. The number of rotatable bonds is 3. The highest BCUT2D eigenvalue weighted by molar-refractivity contribution is 6.30. The number of hydrogen-bond acceptors (Lipinski definition) is 3. The Morgan fingerprint density at radius 2 is 2.00 bits per heavy atom. The van der Waals surface area contributed by atoms with Gasteiger partial charge in [-0.25, -0.2) is 0 Å². The fraction of sp³-hybridized carbons (Fsp3) is 0.200. The van der Waals surface area contributed by atoms with Crippen LogP contribution in [0.4, 0.5) is 0 Å². The molecule has 0 saturated heterocycles. The molecule has 0 atom stereocenters. The van der Waals surface area contributed by atoms with Crippen LogP contribution >= 0.6 is 11.6 Å². The van der Waals surface area contributed by atoms with Crippen molar-refractivity contribution >= 4 is 11.6 Å². The molecule has 3 rings (SSSR count). The van der Waals surface area contributed by atoms with Crippen molar-refractivity contribution in [2.24, 2.45) is 0 Å². The van der Waals surface area contributed by atoms with E-state index >= 15 is 0 Å². The summed E-state index contributed by atoms with van der Waals surface area (Å²) in [4.78, 5) is 0. The van der Waals surface area contributed by atoms with Crippen LogP contribution in [0.15, 0.2) is 36.4 Å². The monoisotopic (exact) mass is 276 g/mol. The zero-order chi connectivity index (χ0) is 13.2. The quantitative estimate of drug-likeness (QED) is 0.932. The van der Waals surface area contributed by atoms with Crippen molar-refractivity contribution < 1.29 is 14.6 Å². The van der Waals surface area contributed by atoms with Gasteiger partial charge < -0.3 is 14.6 Å². The average molecular weight is 277 g/mol. The number of phenols is 1. The van der Waals surface area contributed by atoms with E-state index in [0.717, 1.165) is 23.3 Å². The largest absolute Gasteiger partial charge is 0.508 e. The van der Waals surface area contributed by atoms with E-state index in [1.165, 1.54) is 0 Å². The lowest BCUT2D eigenvalue weighted by atomic mass is 10.1. The Labute approximate surface area is 116 Å². The van der Waals surface area contributed by atoms with Gasteiger partial charge in [-0.05, 0) is 42.0 Å². The van der Waals surface area contributed by atoms with E-state index in [1.807, 2.05) is 12.1 Å². The van der Waals surface area contributed by atoms with E-state index in [2.05, 4.69) is 0 Å². The van der Waals surface area contributed by atoms with E-state index in [9.17, 15) is 5.11 Å². The van der Waals surface area contributed by atoms with Crippen molar-refractivity contribution in [1.29, 1.82) is 0 Å². The minimum Gasteiger partial charge on any atom is -0.508 e. The van der Waals surface area contributed by atoms with Crippen LogP contribution in [-0.4, -0.2) is 11.7 Å². The van der Waals surface area contributed by atoms with Gasteiger partial charge in [0.15, 0.2) is 0 Å². The fourth-order valence-electron chi connectivity index (χ4n) is 2.16. The van der Waals surface area contributed by atoms with Crippen LogP contribution in [0.3, 0.4) is 0 Å². The number of hydrogen-bond donors (Lipinski definition) is 1. The molecule has 1 aliphatic heterocycles. The summed E-state index contributed by atoms with van der Waals surface area (Å²) in [6.07, 6.45) is 0.891. The maximum atomic E-state index is 9.21. The minimum absolute atomic E-state index is 0.222. The maximum Gasteiger partial charge on any atom is 0.129 e. The molecule has 0 bridgehead atoms. The van der Waals surface area contributed by atoms with Gasteiger partial charge >= 0.3 is 0 Å². The molecule has 1 heterocycles. The molecular weight excluding hydrogens is 264 g/mol. The fourth-order valence-corrected chi connectivity index (χ4v) is 2.42. The lowest BCUT2D eigenvalue weighted by molar-refractivity contribution is 0.291. The van der Waals surface area contributed by atoms with E-state index in [-0.39, 0.29) is 5.75 Å². The van der Waals surface area contributed by atoms with Crippen LogP contribution in [0.5, 0.6) is 17.2 Å². The van der Waals surface area contributed by atoms with Crippen molar-refractivity contribution in [2.75, 3.05) is 6.61 Å². The first kappa shape index (κ1) is 12.2. The standard InChI is InChI=1S/C15H13ClO3/c16-12-7-10-5-6-18-15(10)11(8-12)9-19-14-3-1-13(17)2-4-14/h1-4,7-8,17H,5-6,9H2. The van der Waals surface area contributed by atoms with Gasteiger partial charge in [-0.2, -0.15) is 0 Å². The SMILES string of the molecule is Oc1ccc(OCc2cc(Cl)cc3c2OCC3)cc1. The Bertz CT molecular complexity index is 593. The number of halogens is 1. The number of ether oxygens (including phenoxy) is 2. The highest BCUT2D eigenvalue weighted by Gasteiger charge is 2.17. The van der Waals surface area contributed by atoms with Crippen LogP contribution in [-0.2, 0) is 13.0 Å². The zero-order valence-corrected chi connectivity index (χ0v) is 11.0. The Morgan fingerprint density at radius 3 is 2.79 bits per heavy atom. The van der Waals surface area contributed by atoms with E-state index in [1.54, 1.807) is 24.3 Å². The highest BCUT2D eigenvalue weighted by atomic mass is 35.5. The third kappa shape index (κ3) is 2.61. The van der Waals surface area contributed by atoms with Crippen LogP contribution < -0.4 is 9.47 Å². The first-order valence-electron chi connectivity index (χ1n) is 6.08. The van der Waals surface area contributed by atoms with Crippen molar-refractivity contribution in [3.8, 4) is 17.2 Å². The molecule has 1 aliphatic rings. The first-order valence-corrected chi connectivity index (χ1v) is 6.46. The van der Waals surface area contributed by atoms with Gasteiger partial charge in [0.25, 0.3) is 0 Å². The molecule has 0 spiro atoms. The lowest BCUT2D eigenvalue weighted by Gasteiger charge is -2.10. The average Bonchev–Trinajstić information content (AvgIpc) is 2.85. The van der Waals surface area contributed by atoms with Crippen LogP contribution in [0.25, 0.3) is 0 Å². The van der Waals surface area contributed by atoms with E-state index < -0.39 is 0 Å². The molecule has 2 aromatic carbocycles. The second-order valence-corrected chi connectivity index (χ2v) is 4.87.